The number of benzene rings is 1. The molecule has 1 aromatic rings. The highest BCUT2D eigenvalue weighted by atomic mass is 16.2. The Hall–Kier alpha value is -1.35. The Kier molecular flexibility index (Phi) is 4.25. The molecule has 19 heavy (non-hydrogen) atoms. The summed E-state index contributed by atoms with van der Waals surface area (Å²) in [5, 5.41) is 0. The molecule has 1 aliphatic rings. The molecule has 0 bridgehead atoms. The molecule has 2 N–H and O–H groups in total. The van der Waals surface area contributed by atoms with Gasteiger partial charge in [-0.1, -0.05) is 17.7 Å². The predicted octanol–water partition coefficient (Wildman–Crippen LogP) is 2.50. The smallest absolute Gasteiger partial charge is 0.254 e. The average Bonchev–Trinajstić information content (AvgIpc) is 2.38. The standard InChI is InChI=1S/C16H24N2O/c1-11-4-5-15(12(2)10-11)16(19)18-8-6-14(7-9-18)13(3)17/h4-5,10,13-14H,6-9,17H2,1-3H3. The maximum Gasteiger partial charge on any atom is 0.254 e. The van der Waals surface area contributed by atoms with Crippen LogP contribution in [0.4, 0.5) is 0 Å². The summed E-state index contributed by atoms with van der Waals surface area (Å²) in [6.45, 7) is 7.79. The van der Waals surface area contributed by atoms with Crippen molar-refractivity contribution in [2.75, 3.05) is 13.1 Å². The van der Waals surface area contributed by atoms with E-state index < -0.39 is 0 Å². The lowest BCUT2D eigenvalue weighted by atomic mass is 9.90. The molecular weight excluding hydrogens is 236 g/mol. The molecule has 0 aliphatic carbocycles. The van der Waals surface area contributed by atoms with Crippen LogP contribution in [0.5, 0.6) is 0 Å². The molecule has 1 aliphatic heterocycles. The molecule has 0 saturated carbocycles. The van der Waals surface area contributed by atoms with Gasteiger partial charge in [0.2, 0.25) is 0 Å². The van der Waals surface area contributed by atoms with Crippen molar-refractivity contribution in [3.05, 3.63) is 34.9 Å². The minimum Gasteiger partial charge on any atom is -0.339 e. The lowest BCUT2D eigenvalue weighted by molar-refractivity contribution is 0.0680. The number of aryl methyl sites for hydroxylation is 2. The van der Waals surface area contributed by atoms with Gasteiger partial charge in [-0.05, 0) is 51.2 Å². The fourth-order valence-corrected chi connectivity index (χ4v) is 2.85. The van der Waals surface area contributed by atoms with Gasteiger partial charge in [-0.2, -0.15) is 0 Å². The fourth-order valence-electron chi connectivity index (χ4n) is 2.85. The van der Waals surface area contributed by atoms with Gasteiger partial charge in [-0.15, -0.1) is 0 Å². The molecule has 1 unspecified atom stereocenters. The molecule has 1 amide bonds. The summed E-state index contributed by atoms with van der Waals surface area (Å²) in [6.07, 6.45) is 2.04. The topological polar surface area (TPSA) is 46.3 Å². The number of carbonyl (C=O) groups excluding carboxylic acids is 1. The summed E-state index contributed by atoms with van der Waals surface area (Å²) in [5.74, 6) is 0.726. The van der Waals surface area contributed by atoms with Crippen molar-refractivity contribution in [2.24, 2.45) is 11.7 Å². The third kappa shape index (κ3) is 3.16. The highest BCUT2D eigenvalue weighted by Crippen LogP contribution is 2.22. The van der Waals surface area contributed by atoms with E-state index in [9.17, 15) is 4.79 Å². The van der Waals surface area contributed by atoms with Gasteiger partial charge in [-0.25, -0.2) is 0 Å². The van der Waals surface area contributed by atoms with Crippen molar-refractivity contribution < 1.29 is 4.79 Å². The zero-order valence-electron chi connectivity index (χ0n) is 12.1. The molecule has 1 heterocycles. The van der Waals surface area contributed by atoms with Crippen LogP contribution in [0.1, 0.15) is 41.3 Å². The number of nitrogens with two attached hydrogens (primary N) is 1. The van der Waals surface area contributed by atoms with E-state index in [1.165, 1.54) is 5.56 Å². The first-order valence-electron chi connectivity index (χ1n) is 7.11. The molecule has 0 spiro atoms. The number of amides is 1. The van der Waals surface area contributed by atoms with E-state index in [4.69, 9.17) is 5.73 Å². The first-order chi connectivity index (χ1) is 8.99. The zero-order chi connectivity index (χ0) is 14.0. The van der Waals surface area contributed by atoms with Crippen LogP contribution in [0.2, 0.25) is 0 Å². The summed E-state index contributed by atoms with van der Waals surface area (Å²) in [6, 6.07) is 6.26. The fraction of sp³-hybridized carbons (Fsp3) is 0.562. The Bertz CT molecular complexity index is 460. The first-order valence-corrected chi connectivity index (χ1v) is 7.11. The van der Waals surface area contributed by atoms with Crippen molar-refractivity contribution in [3.8, 4) is 0 Å². The van der Waals surface area contributed by atoms with Crippen LogP contribution in [0.15, 0.2) is 18.2 Å². The second-order valence-electron chi connectivity index (χ2n) is 5.81. The summed E-state index contributed by atoms with van der Waals surface area (Å²) in [4.78, 5) is 14.5. The minimum atomic E-state index is 0.167. The third-order valence-corrected chi connectivity index (χ3v) is 4.18. The van der Waals surface area contributed by atoms with E-state index in [0.717, 1.165) is 37.1 Å². The maximum absolute atomic E-state index is 12.5. The van der Waals surface area contributed by atoms with Crippen LogP contribution in [-0.2, 0) is 0 Å². The van der Waals surface area contributed by atoms with Gasteiger partial charge in [0.25, 0.3) is 5.91 Å². The number of likely N-dealkylation sites (tertiary alicyclic amines) is 1. The molecule has 0 aromatic heterocycles. The lowest BCUT2D eigenvalue weighted by Gasteiger charge is -2.34. The molecule has 1 aromatic carbocycles. The SMILES string of the molecule is Cc1ccc(C(=O)N2CCC(C(C)N)CC2)c(C)c1. The van der Waals surface area contributed by atoms with Gasteiger partial charge in [0, 0.05) is 24.7 Å². The van der Waals surface area contributed by atoms with E-state index >= 15 is 0 Å². The van der Waals surface area contributed by atoms with Crippen LogP contribution in [0.25, 0.3) is 0 Å². The highest BCUT2D eigenvalue weighted by molar-refractivity contribution is 5.95. The van der Waals surface area contributed by atoms with Crippen molar-refractivity contribution >= 4 is 5.91 Å². The Morgan fingerprint density at radius 3 is 2.47 bits per heavy atom. The normalized spacial score (nSPS) is 18.4. The van der Waals surface area contributed by atoms with E-state index in [2.05, 4.69) is 19.9 Å². The zero-order valence-corrected chi connectivity index (χ0v) is 12.1. The van der Waals surface area contributed by atoms with Crippen molar-refractivity contribution in [1.29, 1.82) is 0 Å². The van der Waals surface area contributed by atoms with Crippen LogP contribution < -0.4 is 5.73 Å². The number of hydrogen-bond acceptors (Lipinski definition) is 2. The summed E-state index contributed by atoms with van der Waals surface area (Å²) >= 11 is 0. The number of rotatable bonds is 2. The van der Waals surface area contributed by atoms with Gasteiger partial charge in [0.15, 0.2) is 0 Å². The summed E-state index contributed by atoms with van der Waals surface area (Å²) in [7, 11) is 0. The Balaban J connectivity index is 2.05. The molecule has 2 rings (SSSR count). The van der Waals surface area contributed by atoms with Crippen LogP contribution in [-0.4, -0.2) is 29.9 Å². The van der Waals surface area contributed by atoms with Crippen LogP contribution in [0.3, 0.4) is 0 Å². The van der Waals surface area contributed by atoms with Crippen LogP contribution >= 0.6 is 0 Å². The van der Waals surface area contributed by atoms with Gasteiger partial charge in [0.1, 0.15) is 0 Å². The van der Waals surface area contributed by atoms with Gasteiger partial charge < -0.3 is 10.6 Å². The van der Waals surface area contributed by atoms with E-state index in [-0.39, 0.29) is 11.9 Å². The van der Waals surface area contributed by atoms with Crippen molar-refractivity contribution in [3.63, 3.8) is 0 Å². The molecule has 1 atom stereocenters. The van der Waals surface area contributed by atoms with Crippen molar-refractivity contribution in [2.45, 2.75) is 39.7 Å². The molecule has 3 nitrogen and oxygen atoms in total. The average molecular weight is 260 g/mol. The minimum absolute atomic E-state index is 0.167. The Labute approximate surface area is 115 Å². The van der Waals surface area contributed by atoms with E-state index in [0.29, 0.717) is 5.92 Å². The first kappa shape index (κ1) is 14.1. The number of carbonyl (C=O) groups is 1. The quantitative estimate of drug-likeness (QED) is 0.888. The molecule has 0 radical (unpaired) electrons. The number of nitrogens with zero attached hydrogens (tertiary/aromatic N) is 1. The Morgan fingerprint density at radius 2 is 1.95 bits per heavy atom. The number of hydrogen-bond donors (Lipinski definition) is 1. The number of piperidine rings is 1. The second kappa shape index (κ2) is 5.74. The van der Waals surface area contributed by atoms with Gasteiger partial charge >= 0.3 is 0 Å². The second-order valence-corrected chi connectivity index (χ2v) is 5.81. The Morgan fingerprint density at radius 1 is 1.32 bits per heavy atom. The van der Waals surface area contributed by atoms with Gasteiger partial charge in [-0.3, -0.25) is 4.79 Å². The third-order valence-electron chi connectivity index (χ3n) is 4.18. The summed E-state index contributed by atoms with van der Waals surface area (Å²) < 4.78 is 0. The molecular formula is C16H24N2O. The van der Waals surface area contributed by atoms with Gasteiger partial charge in [0.05, 0.1) is 0 Å². The highest BCUT2D eigenvalue weighted by Gasteiger charge is 2.25. The summed E-state index contributed by atoms with van der Waals surface area (Å²) in [5.41, 5.74) is 9.04. The van der Waals surface area contributed by atoms with E-state index in [1.807, 2.05) is 24.0 Å². The maximum atomic E-state index is 12.5. The van der Waals surface area contributed by atoms with Crippen molar-refractivity contribution in [1.82, 2.24) is 4.90 Å². The molecule has 3 heteroatoms. The largest absolute Gasteiger partial charge is 0.339 e. The van der Waals surface area contributed by atoms with E-state index in [1.54, 1.807) is 0 Å². The monoisotopic (exact) mass is 260 g/mol. The molecule has 104 valence electrons. The molecule has 1 saturated heterocycles. The lowest BCUT2D eigenvalue weighted by Crippen LogP contribution is -2.42. The predicted molar refractivity (Wildman–Crippen MR) is 78.2 cm³/mol. The molecule has 1 fully saturated rings. The van der Waals surface area contributed by atoms with Crippen LogP contribution in [0, 0.1) is 19.8 Å².